The highest BCUT2D eigenvalue weighted by Gasteiger charge is 2.43. The van der Waals surface area contributed by atoms with Gasteiger partial charge in [-0.3, -0.25) is 14.4 Å². The van der Waals surface area contributed by atoms with Crippen LogP contribution < -0.4 is 4.90 Å². The Labute approximate surface area is 131 Å². The van der Waals surface area contributed by atoms with Gasteiger partial charge in [0.2, 0.25) is 0 Å². The minimum Gasteiger partial charge on any atom is -0.469 e. The highest BCUT2D eigenvalue weighted by Crippen LogP contribution is 2.41. The van der Waals surface area contributed by atoms with Crippen LogP contribution in [0, 0.1) is 5.41 Å². The number of nitrogens with zero attached hydrogens (tertiary/aromatic N) is 1. The molecule has 112 valence electrons. The van der Waals surface area contributed by atoms with Crippen LogP contribution in [-0.4, -0.2) is 31.3 Å². The molecule has 0 fully saturated rings. The van der Waals surface area contributed by atoms with E-state index in [0.717, 1.165) is 0 Å². The van der Waals surface area contributed by atoms with E-state index in [0.29, 0.717) is 0 Å². The van der Waals surface area contributed by atoms with Crippen molar-refractivity contribution in [3.8, 4) is 0 Å². The van der Waals surface area contributed by atoms with Crippen molar-refractivity contribution < 1.29 is 19.1 Å². The van der Waals surface area contributed by atoms with E-state index in [2.05, 4.69) is 0 Å². The molecular weight excluding hydrogens is 317 g/mol. The zero-order valence-electron chi connectivity index (χ0n) is 11.7. The lowest BCUT2D eigenvalue weighted by molar-refractivity contribution is -0.150. The first kappa shape index (κ1) is 15.8. The number of halogens is 2. The van der Waals surface area contributed by atoms with Gasteiger partial charge in [0.05, 0.1) is 33.8 Å². The molecule has 1 aliphatic heterocycles. The summed E-state index contributed by atoms with van der Waals surface area (Å²) in [6.45, 7) is 3.21. The summed E-state index contributed by atoms with van der Waals surface area (Å²) in [5, 5.41) is 0.389. The van der Waals surface area contributed by atoms with Crippen LogP contribution in [0.4, 0.5) is 5.69 Å². The van der Waals surface area contributed by atoms with Crippen LogP contribution in [0.3, 0.4) is 0 Å². The molecule has 0 aromatic heterocycles. The number of hydrogen-bond acceptors (Lipinski definition) is 4. The van der Waals surface area contributed by atoms with E-state index in [-0.39, 0.29) is 27.8 Å². The maximum Gasteiger partial charge on any atom is 0.313 e. The van der Waals surface area contributed by atoms with Gasteiger partial charge in [-0.1, -0.05) is 23.2 Å². The molecule has 0 atom stereocenters. The monoisotopic (exact) mass is 329 g/mol. The number of carbonyl (C=O) groups is 3. The molecule has 5 nitrogen and oxygen atoms in total. The maximum absolute atomic E-state index is 12.2. The number of rotatable bonds is 3. The molecule has 2 rings (SSSR count). The van der Waals surface area contributed by atoms with Crippen LogP contribution in [-0.2, 0) is 14.3 Å². The van der Waals surface area contributed by atoms with E-state index in [1.165, 1.54) is 24.1 Å². The van der Waals surface area contributed by atoms with Gasteiger partial charge in [0.25, 0.3) is 11.7 Å². The summed E-state index contributed by atoms with van der Waals surface area (Å²) < 4.78 is 4.71. The fraction of sp³-hybridized carbons (Fsp3) is 0.357. The first-order valence-corrected chi connectivity index (χ1v) is 6.89. The zero-order chi connectivity index (χ0) is 15.9. The van der Waals surface area contributed by atoms with E-state index < -0.39 is 23.1 Å². The van der Waals surface area contributed by atoms with Crippen LogP contribution in [0.5, 0.6) is 0 Å². The molecule has 1 heterocycles. The number of carbonyl (C=O) groups excluding carboxylic acids is 3. The van der Waals surface area contributed by atoms with E-state index in [1.807, 2.05) is 0 Å². The topological polar surface area (TPSA) is 63.7 Å². The van der Waals surface area contributed by atoms with Crippen molar-refractivity contribution in [3.05, 3.63) is 27.7 Å². The highest BCUT2D eigenvalue weighted by molar-refractivity contribution is 6.57. The molecule has 1 amide bonds. The summed E-state index contributed by atoms with van der Waals surface area (Å²) in [5.41, 5.74) is -0.663. The van der Waals surface area contributed by atoms with Gasteiger partial charge in [0.1, 0.15) is 0 Å². The molecule has 1 aromatic carbocycles. The Morgan fingerprint density at radius 2 is 1.81 bits per heavy atom. The minimum atomic E-state index is -0.988. The minimum absolute atomic E-state index is 0.0304. The first-order valence-electron chi connectivity index (χ1n) is 6.13. The maximum atomic E-state index is 12.2. The quantitative estimate of drug-likeness (QED) is 0.631. The van der Waals surface area contributed by atoms with Crippen LogP contribution in [0.25, 0.3) is 0 Å². The smallest absolute Gasteiger partial charge is 0.313 e. The fourth-order valence-electron chi connectivity index (χ4n) is 2.24. The van der Waals surface area contributed by atoms with Gasteiger partial charge in [-0.25, -0.2) is 0 Å². The lowest BCUT2D eigenvalue weighted by Crippen LogP contribution is -2.42. The third kappa shape index (κ3) is 2.51. The summed E-state index contributed by atoms with van der Waals surface area (Å²) in [4.78, 5) is 37.2. The number of ether oxygens (including phenoxy) is 1. The number of Topliss-reactive ketones (excluding diaryl/α,β-unsaturated/α-hetero) is 1. The second-order valence-electron chi connectivity index (χ2n) is 5.35. The molecule has 0 N–H and O–H groups in total. The number of fused-ring (bicyclic) bond motifs is 1. The molecule has 0 saturated heterocycles. The normalized spacial score (nSPS) is 14.4. The molecule has 0 bridgehead atoms. The highest BCUT2D eigenvalue weighted by atomic mass is 35.5. The SMILES string of the molecule is COC(=O)C(C)(C)CN1C(=O)C(=O)c2c(Cl)ccc(Cl)c21. The molecule has 0 spiro atoms. The zero-order valence-corrected chi connectivity index (χ0v) is 13.2. The van der Waals surface area contributed by atoms with Gasteiger partial charge in [-0.15, -0.1) is 0 Å². The Bertz CT molecular complexity index is 655. The molecule has 1 aromatic rings. The molecular formula is C14H13Cl2NO4. The summed E-state index contributed by atoms with van der Waals surface area (Å²) in [6.07, 6.45) is 0. The number of benzene rings is 1. The predicted molar refractivity (Wildman–Crippen MR) is 78.9 cm³/mol. The van der Waals surface area contributed by atoms with E-state index in [1.54, 1.807) is 13.8 Å². The van der Waals surface area contributed by atoms with E-state index in [4.69, 9.17) is 27.9 Å². The van der Waals surface area contributed by atoms with Crippen LogP contribution in [0.15, 0.2) is 12.1 Å². The second-order valence-corrected chi connectivity index (χ2v) is 6.16. The Hall–Kier alpha value is -1.59. The fourth-order valence-corrected chi connectivity index (χ4v) is 2.74. The number of amides is 1. The largest absolute Gasteiger partial charge is 0.469 e. The van der Waals surface area contributed by atoms with Gasteiger partial charge in [0, 0.05) is 6.54 Å². The van der Waals surface area contributed by atoms with Crippen LogP contribution in [0.2, 0.25) is 10.0 Å². The van der Waals surface area contributed by atoms with Gasteiger partial charge < -0.3 is 9.64 Å². The van der Waals surface area contributed by atoms with Crippen molar-refractivity contribution in [2.75, 3.05) is 18.6 Å². The summed E-state index contributed by atoms with van der Waals surface area (Å²) in [7, 11) is 1.26. The van der Waals surface area contributed by atoms with Crippen molar-refractivity contribution in [3.63, 3.8) is 0 Å². The van der Waals surface area contributed by atoms with E-state index in [9.17, 15) is 14.4 Å². The molecule has 0 aliphatic carbocycles. The summed E-state index contributed by atoms with van der Waals surface area (Å²) in [5.74, 6) is -1.97. The van der Waals surface area contributed by atoms with Crippen LogP contribution in [0.1, 0.15) is 24.2 Å². The van der Waals surface area contributed by atoms with Gasteiger partial charge in [0.15, 0.2) is 0 Å². The van der Waals surface area contributed by atoms with Crippen molar-refractivity contribution in [2.24, 2.45) is 5.41 Å². The molecule has 1 aliphatic rings. The first-order chi connectivity index (χ1) is 9.70. The Kier molecular flexibility index (Phi) is 4.00. The summed E-state index contributed by atoms with van der Waals surface area (Å²) in [6, 6.07) is 2.97. The number of hydrogen-bond donors (Lipinski definition) is 0. The lowest BCUT2D eigenvalue weighted by atomic mass is 9.93. The van der Waals surface area contributed by atoms with Gasteiger partial charge >= 0.3 is 5.97 Å². The Balaban J connectivity index is 2.50. The number of esters is 1. The van der Waals surface area contributed by atoms with Gasteiger partial charge in [-0.05, 0) is 26.0 Å². The number of ketones is 1. The average molecular weight is 330 g/mol. The van der Waals surface area contributed by atoms with Gasteiger partial charge in [-0.2, -0.15) is 0 Å². The molecule has 7 heteroatoms. The average Bonchev–Trinajstić information content (AvgIpc) is 2.67. The van der Waals surface area contributed by atoms with E-state index >= 15 is 0 Å². The third-order valence-electron chi connectivity index (χ3n) is 3.31. The van der Waals surface area contributed by atoms with Crippen LogP contribution >= 0.6 is 23.2 Å². The number of anilines is 1. The molecule has 0 radical (unpaired) electrons. The van der Waals surface area contributed by atoms with Crippen molar-refractivity contribution >= 4 is 46.5 Å². The third-order valence-corrected chi connectivity index (χ3v) is 3.93. The molecule has 21 heavy (non-hydrogen) atoms. The molecule has 0 saturated carbocycles. The van der Waals surface area contributed by atoms with Crippen molar-refractivity contribution in [2.45, 2.75) is 13.8 Å². The Morgan fingerprint density at radius 1 is 1.24 bits per heavy atom. The predicted octanol–water partition coefficient (Wildman–Crippen LogP) is 2.72. The molecule has 0 unspecified atom stereocenters. The summed E-state index contributed by atoms with van der Waals surface area (Å²) >= 11 is 12.1. The van der Waals surface area contributed by atoms with Crippen molar-refractivity contribution in [1.82, 2.24) is 0 Å². The Morgan fingerprint density at radius 3 is 2.38 bits per heavy atom. The number of methoxy groups -OCH3 is 1. The standard InChI is InChI=1S/C14H13Cl2NO4/c1-14(2,13(20)21-3)6-17-10-8(16)5-4-7(15)9(10)11(18)12(17)19/h4-5H,6H2,1-3H3. The lowest BCUT2D eigenvalue weighted by Gasteiger charge is -2.28. The van der Waals surface area contributed by atoms with Crippen molar-refractivity contribution in [1.29, 1.82) is 0 Å². The second kappa shape index (κ2) is 5.31.